The topological polar surface area (TPSA) is 102 Å². The zero-order chi connectivity index (χ0) is 19.6. The molecule has 0 spiro atoms. The van der Waals surface area contributed by atoms with E-state index in [1.54, 1.807) is 54.6 Å². The minimum Gasteiger partial charge on any atom is -0.456 e. The van der Waals surface area contributed by atoms with Crippen LogP contribution in [0.1, 0.15) is 22.8 Å². The second-order valence-corrected chi connectivity index (χ2v) is 5.82. The fourth-order valence-corrected chi connectivity index (χ4v) is 2.20. The lowest BCUT2D eigenvalue weighted by atomic mass is 10.1. The van der Waals surface area contributed by atoms with Gasteiger partial charge in [-0.1, -0.05) is 60.7 Å². The Morgan fingerprint density at radius 2 is 1.56 bits per heavy atom. The molecule has 142 valence electrons. The van der Waals surface area contributed by atoms with Crippen LogP contribution in [0.25, 0.3) is 0 Å². The number of aliphatic hydroxyl groups is 1. The lowest BCUT2D eigenvalue weighted by molar-refractivity contribution is -0.147. The zero-order valence-electron chi connectivity index (χ0n) is 14.8. The van der Waals surface area contributed by atoms with Gasteiger partial charge in [0.15, 0.2) is 18.4 Å². The zero-order valence-corrected chi connectivity index (χ0v) is 14.8. The summed E-state index contributed by atoms with van der Waals surface area (Å²) in [7, 11) is 0. The normalized spacial score (nSPS) is 12.5. The first-order valence-electron chi connectivity index (χ1n) is 8.37. The molecule has 0 aromatic heterocycles. The van der Waals surface area contributed by atoms with E-state index in [2.05, 4.69) is 5.32 Å². The lowest BCUT2D eigenvalue weighted by Crippen LogP contribution is -2.49. The summed E-state index contributed by atoms with van der Waals surface area (Å²) in [6, 6.07) is 16.0. The highest BCUT2D eigenvalue weighted by atomic mass is 16.6. The summed E-state index contributed by atoms with van der Waals surface area (Å²) < 4.78 is 9.94. The van der Waals surface area contributed by atoms with E-state index in [1.807, 2.05) is 6.07 Å². The van der Waals surface area contributed by atoms with Gasteiger partial charge in [-0.3, -0.25) is 4.79 Å². The van der Waals surface area contributed by atoms with Crippen LogP contribution in [0.2, 0.25) is 0 Å². The van der Waals surface area contributed by atoms with Crippen molar-refractivity contribution in [1.82, 2.24) is 5.32 Å². The fourth-order valence-electron chi connectivity index (χ4n) is 2.20. The molecule has 0 aliphatic carbocycles. The van der Waals surface area contributed by atoms with Crippen LogP contribution >= 0.6 is 0 Å². The minimum absolute atomic E-state index is 0.0146. The Kier molecular flexibility index (Phi) is 7.51. The van der Waals surface area contributed by atoms with E-state index in [0.717, 1.165) is 5.56 Å². The summed E-state index contributed by atoms with van der Waals surface area (Å²) in [5.74, 6) is -1.31. The first-order valence-corrected chi connectivity index (χ1v) is 8.37. The van der Waals surface area contributed by atoms with E-state index in [-0.39, 0.29) is 12.4 Å². The van der Waals surface area contributed by atoms with E-state index < -0.39 is 30.8 Å². The smallest absolute Gasteiger partial charge is 0.408 e. The highest BCUT2D eigenvalue weighted by Gasteiger charge is 2.28. The highest BCUT2D eigenvalue weighted by molar-refractivity contribution is 5.98. The Bertz CT molecular complexity index is 761. The number of Topliss-reactive ketones (excluding diaryl/α,β-unsaturated/α-hetero) is 1. The summed E-state index contributed by atoms with van der Waals surface area (Å²) in [5.41, 5.74) is 1.17. The Morgan fingerprint density at radius 1 is 0.963 bits per heavy atom. The number of esters is 1. The number of alkyl carbamates (subject to hydrolysis) is 1. The van der Waals surface area contributed by atoms with Crippen molar-refractivity contribution in [3.8, 4) is 0 Å². The van der Waals surface area contributed by atoms with Crippen LogP contribution in [0.4, 0.5) is 4.79 Å². The molecule has 0 bridgehead atoms. The van der Waals surface area contributed by atoms with Crippen LogP contribution in [0.5, 0.6) is 0 Å². The second-order valence-electron chi connectivity index (χ2n) is 5.82. The number of hydrogen-bond acceptors (Lipinski definition) is 6. The van der Waals surface area contributed by atoms with Gasteiger partial charge < -0.3 is 19.9 Å². The standard InChI is InChI=1S/C20H21NO6/c1-14(22)18(21-20(25)27-12-15-8-4-2-5-9-15)19(24)26-13-17(23)16-10-6-3-7-11-16/h2-11,14,18,22H,12-13H2,1H3,(H,21,25)/t14-,18-/m0/s1. The number of benzene rings is 2. The van der Waals surface area contributed by atoms with Gasteiger partial charge in [0.05, 0.1) is 6.10 Å². The molecule has 2 rings (SSSR count). The van der Waals surface area contributed by atoms with Crippen LogP contribution in [0.15, 0.2) is 60.7 Å². The maximum atomic E-state index is 12.1. The van der Waals surface area contributed by atoms with Gasteiger partial charge in [-0.25, -0.2) is 9.59 Å². The molecule has 0 aliphatic heterocycles. The minimum atomic E-state index is -1.35. The van der Waals surface area contributed by atoms with Crippen LogP contribution in [-0.2, 0) is 20.9 Å². The Labute approximate surface area is 156 Å². The lowest BCUT2D eigenvalue weighted by Gasteiger charge is -2.19. The summed E-state index contributed by atoms with van der Waals surface area (Å²) in [6.45, 7) is 0.843. The molecule has 7 nitrogen and oxygen atoms in total. The molecular weight excluding hydrogens is 350 g/mol. The van der Waals surface area contributed by atoms with Gasteiger partial charge in [0.2, 0.25) is 0 Å². The predicted molar refractivity (Wildman–Crippen MR) is 97.0 cm³/mol. The van der Waals surface area contributed by atoms with E-state index in [1.165, 1.54) is 6.92 Å². The number of ether oxygens (including phenoxy) is 2. The first-order chi connectivity index (χ1) is 13.0. The quantitative estimate of drug-likeness (QED) is 0.544. The van der Waals surface area contributed by atoms with Crippen molar-refractivity contribution in [2.45, 2.75) is 25.7 Å². The van der Waals surface area contributed by atoms with Gasteiger partial charge in [0.1, 0.15) is 6.61 Å². The molecule has 1 amide bonds. The van der Waals surface area contributed by atoms with Gasteiger partial charge >= 0.3 is 12.1 Å². The van der Waals surface area contributed by atoms with Gasteiger partial charge in [0, 0.05) is 5.56 Å². The predicted octanol–water partition coefficient (Wildman–Crippen LogP) is 2.09. The fraction of sp³-hybridized carbons (Fsp3) is 0.250. The van der Waals surface area contributed by atoms with Crippen molar-refractivity contribution in [3.05, 3.63) is 71.8 Å². The molecule has 7 heteroatoms. The second kappa shape index (κ2) is 10.1. The number of hydrogen-bond donors (Lipinski definition) is 2. The number of ketones is 1. The van der Waals surface area contributed by atoms with E-state index >= 15 is 0 Å². The van der Waals surface area contributed by atoms with Crippen molar-refractivity contribution in [2.24, 2.45) is 0 Å². The van der Waals surface area contributed by atoms with Crippen molar-refractivity contribution >= 4 is 17.8 Å². The largest absolute Gasteiger partial charge is 0.456 e. The summed E-state index contributed by atoms with van der Waals surface area (Å²) in [6.07, 6.45) is -2.11. The third-order valence-electron chi connectivity index (χ3n) is 3.66. The van der Waals surface area contributed by atoms with E-state index in [9.17, 15) is 19.5 Å². The number of carbonyl (C=O) groups is 3. The number of aliphatic hydroxyl groups excluding tert-OH is 1. The van der Waals surface area contributed by atoms with Crippen LogP contribution in [0, 0.1) is 0 Å². The van der Waals surface area contributed by atoms with Crippen molar-refractivity contribution in [2.75, 3.05) is 6.61 Å². The third-order valence-corrected chi connectivity index (χ3v) is 3.66. The molecule has 2 N–H and O–H groups in total. The Hall–Kier alpha value is -3.19. The van der Waals surface area contributed by atoms with Crippen molar-refractivity contribution < 1.29 is 29.0 Å². The molecule has 0 radical (unpaired) electrons. The Morgan fingerprint density at radius 3 is 2.15 bits per heavy atom. The summed E-state index contributed by atoms with van der Waals surface area (Å²) in [4.78, 5) is 36.0. The van der Waals surface area contributed by atoms with E-state index in [0.29, 0.717) is 5.56 Å². The van der Waals surface area contributed by atoms with E-state index in [4.69, 9.17) is 9.47 Å². The van der Waals surface area contributed by atoms with Crippen molar-refractivity contribution in [1.29, 1.82) is 0 Å². The van der Waals surface area contributed by atoms with Crippen LogP contribution in [-0.4, -0.2) is 41.7 Å². The van der Waals surface area contributed by atoms with Crippen molar-refractivity contribution in [3.63, 3.8) is 0 Å². The molecule has 0 saturated heterocycles. The van der Waals surface area contributed by atoms with Gasteiger partial charge in [-0.15, -0.1) is 0 Å². The molecule has 2 aromatic rings. The average Bonchev–Trinajstić information content (AvgIpc) is 2.69. The molecule has 2 atom stereocenters. The molecule has 27 heavy (non-hydrogen) atoms. The number of amides is 1. The maximum absolute atomic E-state index is 12.1. The number of carbonyl (C=O) groups excluding carboxylic acids is 3. The maximum Gasteiger partial charge on any atom is 0.408 e. The monoisotopic (exact) mass is 371 g/mol. The summed E-state index contributed by atoms with van der Waals surface area (Å²) >= 11 is 0. The summed E-state index contributed by atoms with van der Waals surface area (Å²) in [5, 5.41) is 12.0. The SMILES string of the molecule is C[C@H](O)[C@H](NC(=O)OCc1ccccc1)C(=O)OCC(=O)c1ccccc1. The molecular formula is C20H21NO6. The van der Waals surface area contributed by atoms with Gasteiger partial charge in [0.25, 0.3) is 0 Å². The molecule has 0 fully saturated rings. The molecule has 0 aliphatic rings. The van der Waals surface area contributed by atoms with Crippen LogP contribution in [0.3, 0.4) is 0 Å². The number of nitrogens with one attached hydrogen (secondary N) is 1. The highest BCUT2D eigenvalue weighted by Crippen LogP contribution is 2.04. The molecule has 2 aromatic carbocycles. The molecule has 0 saturated carbocycles. The van der Waals surface area contributed by atoms with Gasteiger partial charge in [-0.2, -0.15) is 0 Å². The van der Waals surface area contributed by atoms with Crippen LogP contribution < -0.4 is 5.32 Å². The Balaban J connectivity index is 1.85. The molecule has 0 heterocycles. The number of rotatable bonds is 8. The molecule has 0 unspecified atom stereocenters. The first kappa shape index (κ1) is 20.1. The average molecular weight is 371 g/mol. The van der Waals surface area contributed by atoms with Gasteiger partial charge in [-0.05, 0) is 12.5 Å². The third kappa shape index (κ3) is 6.56.